The first kappa shape index (κ1) is 18.4. The fourth-order valence-corrected chi connectivity index (χ4v) is 3.36. The maximum atomic E-state index is 12.3. The SMILES string of the molecule is N#Cc1cccc(C(=O)OCC(=O)N[C@@H](c2ccccc2)c2cccs2)c1. The first-order chi connectivity index (χ1) is 13.2. The molecule has 3 rings (SSSR count). The number of carbonyl (C=O) groups is 2. The summed E-state index contributed by atoms with van der Waals surface area (Å²) in [6, 6.07) is 21.3. The smallest absolute Gasteiger partial charge is 0.338 e. The Balaban J connectivity index is 1.65. The number of thiophene rings is 1. The Morgan fingerprint density at radius 3 is 2.59 bits per heavy atom. The van der Waals surface area contributed by atoms with Gasteiger partial charge in [0.05, 0.1) is 23.2 Å². The van der Waals surface area contributed by atoms with Crippen LogP contribution in [0.4, 0.5) is 0 Å². The molecule has 0 bridgehead atoms. The molecule has 1 atom stereocenters. The van der Waals surface area contributed by atoms with Crippen molar-refractivity contribution in [3.05, 3.63) is 93.7 Å². The molecule has 6 heteroatoms. The van der Waals surface area contributed by atoms with E-state index >= 15 is 0 Å². The van der Waals surface area contributed by atoms with Gasteiger partial charge in [0.15, 0.2) is 6.61 Å². The van der Waals surface area contributed by atoms with E-state index in [-0.39, 0.29) is 11.6 Å². The Bertz CT molecular complexity index is 963. The standard InChI is InChI=1S/C21H16N2O3S/c22-13-15-6-4-9-17(12-15)21(25)26-14-19(24)23-20(18-10-5-11-27-18)16-7-2-1-3-8-16/h1-12,20H,14H2,(H,23,24)/t20-/m0/s1. The van der Waals surface area contributed by atoms with Crippen molar-refractivity contribution in [2.45, 2.75) is 6.04 Å². The second-order valence-electron chi connectivity index (χ2n) is 5.70. The van der Waals surface area contributed by atoms with Crippen LogP contribution in [0.1, 0.15) is 32.4 Å². The summed E-state index contributed by atoms with van der Waals surface area (Å²) in [4.78, 5) is 25.4. The highest BCUT2D eigenvalue weighted by Crippen LogP contribution is 2.25. The van der Waals surface area contributed by atoms with Crippen LogP contribution in [0.2, 0.25) is 0 Å². The van der Waals surface area contributed by atoms with Gasteiger partial charge in [-0.1, -0.05) is 42.5 Å². The Morgan fingerprint density at radius 2 is 1.89 bits per heavy atom. The second-order valence-corrected chi connectivity index (χ2v) is 6.67. The van der Waals surface area contributed by atoms with Gasteiger partial charge in [-0.25, -0.2) is 4.79 Å². The number of nitrogens with zero attached hydrogens (tertiary/aromatic N) is 1. The van der Waals surface area contributed by atoms with Crippen LogP contribution in [0.3, 0.4) is 0 Å². The zero-order valence-electron chi connectivity index (χ0n) is 14.3. The molecule has 0 fully saturated rings. The van der Waals surface area contributed by atoms with E-state index in [0.29, 0.717) is 5.56 Å². The summed E-state index contributed by atoms with van der Waals surface area (Å²) in [5.41, 5.74) is 1.54. The second kappa shape index (κ2) is 8.79. The Kier molecular flexibility index (Phi) is 5.98. The lowest BCUT2D eigenvalue weighted by atomic mass is 10.1. The minimum atomic E-state index is -0.644. The van der Waals surface area contributed by atoms with Gasteiger partial charge in [-0.2, -0.15) is 5.26 Å². The molecular formula is C21H16N2O3S. The number of ether oxygens (including phenoxy) is 1. The van der Waals surface area contributed by atoms with Crippen molar-refractivity contribution in [3.63, 3.8) is 0 Å². The molecule has 0 aliphatic heterocycles. The van der Waals surface area contributed by atoms with E-state index in [9.17, 15) is 9.59 Å². The summed E-state index contributed by atoms with van der Waals surface area (Å²) >= 11 is 1.54. The predicted molar refractivity (Wildman–Crippen MR) is 102 cm³/mol. The van der Waals surface area contributed by atoms with E-state index < -0.39 is 18.5 Å². The van der Waals surface area contributed by atoms with Crippen molar-refractivity contribution < 1.29 is 14.3 Å². The molecule has 1 heterocycles. The third-order valence-electron chi connectivity index (χ3n) is 3.83. The van der Waals surface area contributed by atoms with Gasteiger partial charge < -0.3 is 10.1 Å². The van der Waals surface area contributed by atoms with Gasteiger partial charge in [0.25, 0.3) is 5.91 Å². The van der Waals surface area contributed by atoms with Crippen LogP contribution in [0.5, 0.6) is 0 Å². The minimum absolute atomic E-state index is 0.236. The summed E-state index contributed by atoms with van der Waals surface area (Å²) in [7, 11) is 0. The number of rotatable bonds is 6. The van der Waals surface area contributed by atoms with Crippen LogP contribution in [0, 0.1) is 11.3 Å². The van der Waals surface area contributed by atoms with Gasteiger partial charge in [0.2, 0.25) is 0 Å². The number of amides is 1. The molecule has 134 valence electrons. The molecule has 1 aromatic heterocycles. The van der Waals surface area contributed by atoms with Crippen LogP contribution in [0.15, 0.2) is 72.1 Å². The molecule has 1 amide bonds. The number of benzene rings is 2. The van der Waals surface area contributed by atoms with E-state index in [2.05, 4.69) is 5.32 Å². The van der Waals surface area contributed by atoms with Crippen molar-refractivity contribution in [2.24, 2.45) is 0 Å². The maximum absolute atomic E-state index is 12.3. The quantitative estimate of drug-likeness (QED) is 0.666. The minimum Gasteiger partial charge on any atom is -0.452 e. The highest BCUT2D eigenvalue weighted by atomic mass is 32.1. The third kappa shape index (κ3) is 4.81. The van der Waals surface area contributed by atoms with E-state index in [1.807, 2.05) is 53.9 Å². The molecule has 0 aliphatic rings. The topological polar surface area (TPSA) is 79.2 Å². The third-order valence-corrected chi connectivity index (χ3v) is 4.76. The molecule has 0 radical (unpaired) electrons. The summed E-state index contributed by atoms with van der Waals surface area (Å²) in [6.45, 7) is -0.398. The first-order valence-corrected chi connectivity index (χ1v) is 9.10. The highest BCUT2D eigenvalue weighted by Gasteiger charge is 2.19. The number of nitrogens with one attached hydrogen (secondary N) is 1. The zero-order chi connectivity index (χ0) is 19.1. The van der Waals surface area contributed by atoms with Gasteiger partial charge in [-0.05, 0) is 35.2 Å². The number of hydrogen-bond acceptors (Lipinski definition) is 5. The molecule has 27 heavy (non-hydrogen) atoms. The summed E-state index contributed by atoms with van der Waals surface area (Å²) in [6.07, 6.45) is 0. The molecule has 5 nitrogen and oxygen atoms in total. The average Bonchev–Trinajstić information content (AvgIpc) is 3.25. The molecule has 0 saturated carbocycles. The molecule has 0 unspecified atom stereocenters. The van der Waals surface area contributed by atoms with E-state index in [4.69, 9.17) is 10.00 Å². The summed E-state index contributed by atoms with van der Waals surface area (Å²) < 4.78 is 5.09. The Labute approximate surface area is 160 Å². The number of hydrogen-bond donors (Lipinski definition) is 1. The molecule has 2 aromatic carbocycles. The van der Waals surface area contributed by atoms with Gasteiger partial charge in [0, 0.05) is 4.88 Å². The zero-order valence-corrected chi connectivity index (χ0v) is 15.1. The predicted octanol–water partition coefficient (Wildman–Crippen LogP) is 3.68. The van der Waals surface area contributed by atoms with E-state index in [1.165, 1.54) is 6.07 Å². The van der Waals surface area contributed by atoms with Gasteiger partial charge >= 0.3 is 5.97 Å². The monoisotopic (exact) mass is 376 g/mol. The average molecular weight is 376 g/mol. The van der Waals surface area contributed by atoms with Crippen molar-refractivity contribution in [3.8, 4) is 6.07 Å². The molecule has 3 aromatic rings. The number of carbonyl (C=O) groups excluding carboxylic acids is 2. The Hall–Kier alpha value is -3.43. The van der Waals surface area contributed by atoms with Crippen molar-refractivity contribution in [2.75, 3.05) is 6.61 Å². The van der Waals surface area contributed by atoms with Gasteiger partial charge in [-0.15, -0.1) is 11.3 Å². The van der Waals surface area contributed by atoms with Crippen molar-refractivity contribution in [1.29, 1.82) is 5.26 Å². The summed E-state index contributed by atoms with van der Waals surface area (Å²) in [5.74, 6) is -1.04. The fourth-order valence-electron chi connectivity index (χ4n) is 2.55. The first-order valence-electron chi connectivity index (χ1n) is 8.22. The molecule has 1 N–H and O–H groups in total. The van der Waals surface area contributed by atoms with Crippen molar-refractivity contribution in [1.82, 2.24) is 5.32 Å². The van der Waals surface area contributed by atoms with Crippen LogP contribution < -0.4 is 5.32 Å². The van der Waals surface area contributed by atoms with Crippen molar-refractivity contribution >= 4 is 23.2 Å². The van der Waals surface area contributed by atoms with Crippen LogP contribution in [0.25, 0.3) is 0 Å². The molecule has 0 spiro atoms. The number of esters is 1. The van der Waals surface area contributed by atoms with Gasteiger partial charge in [-0.3, -0.25) is 4.79 Å². The fraction of sp³-hybridized carbons (Fsp3) is 0.0952. The number of nitriles is 1. The normalized spacial score (nSPS) is 11.2. The largest absolute Gasteiger partial charge is 0.452 e. The lowest BCUT2D eigenvalue weighted by molar-refractivity contribution is -0.124. The van der Waals surface area contributed by atoms with Gasteiger partial charge in [0.1, 0.15) is 0 Å². The van der Waals surface area contributed by atoms with E-state index in [1.54, 1.807) is 29.5 Å². The Morgan fingerprint density at radius 1 is 1.07 bits per heavy atom. The van der Waals surface area contributed by atoms with Crippen LogP contribution >= 0.6 is 11.3 Å². The maximum Gasteiger partial charge on any atom is 0.338 e. The molecule has 0 saturated heterocycles. The van der Waals surface area contributed by atoms with Crippen LogP contribution in [-0.2, 0) is 9.53 Å². The highest BCUT2D eigenvalue weighted by molar-refractivity contribution is 7.10. The van der Waals surface area contributed by atoms with E-state index in [0.717, 1.165) is 10.4 Å². The summed E-state index contributed by atoms with van der Waals surface area (Å²) in [5, 5.41) is 13.7. The molecular weight excluding hydrogens is 360 g/mol. The molecule has 0 aliphatic carbocycles. The lowest BCUT2D eigenvalue weighted by Crippen LogP contribution is -2.32. The van der Waals surface area contributed by atoms with Crippen LogP contribution in [-0.4, -0.2) is 18.5 Å². The lowest BCUT2D eigenvalue weighted by Gasteiger charge is -2.18.